The van der Waals surface area contributed by atoms with Crippen LogP contribution in [0.5, 0.6) is 23.0 Å². The molecule has 0 aliphatic heterocycles. The van der Waals surface area contributed by atoms with Gasteiger partial charge >= 0.3 is 23.7 Å². The van der Waals surface area contributed by atoms with E-state index in [0.717, 1.165) is 36.4 Å². The number of hydrogen-bond donors (Lipinski definition) is 0. The summed E-state index contributed by atoms with van der Waals surface area (Å²) in [7, 11) is 0. The van der Waals surface area contributed by atoms with Gasteiger partial charge < -0.3 is 14.2 Å². The second kappa shape index (κ2) is 14.6. The minimum Gasteiger partial charge on any atom is -0.468 e. The summed E-state index contributed by atoms with van der Waals surface area (Å²) in [5, 5.41) is 41.8. The molecule has 11 nitrogen and oxygen atoms in total. The van der Waals surface area contributed by atoms with E-state index in [-0.39, 0.29) is 11.1 Å². The molecule has 0 aliphatic carbocycles. The fourth-order valence-corrected chi connectivity index (χ4v) is 5.18. The zero-order valence-electron chi connectivity index (χ0n) is 25.6. The maximum absolute atomic E-state index is 13.5. The van der Waals surface area contributed by atoms with Crippen molar-refractivity contribution in [2.24, 2.45) is 0 Å². The molecular weight excluding hydrogens is 737 g/mol. The van der Waals surface area contributed by atoms with Crippen LogP contribution in [0, 0.1) is 42.9 Å². The molecule has 2 unspecified atom stereocenters. The van der Waals surface area contributed by atoms with E-state index in [4.69, 9.17) is 37.4 Å². The Balaban J connectivity index is 2.13. The van der Waals surface area contributed by atoms with E-state index in [1.165, 1.54) is 13.8 Å². The summed E-state index contributed by atoms with van der Waals surface area (Å²) < 4.78 is 98.3. The number of benzene rings is 4. The smallest absolute Gasteiger partial charge is 0.416 e. The number of halogens is 8. The summed E-state index contributed by atoms with van der Waals surface area (Å²) in [6.07, 6.45) is -12.5. The van der Waals surface area contributed by atoms with Crippen LogP contribution < -0.4 is 14.2 Å². The molecule has 0 aliphatic rings. The standard InChI is InChI=1S/C32H18Cl2F6N4O7/c1-15(13-41)49-29-23(43(45)46)7-9-25(27(29)19-5-3-17(11-21(19)33)31(35,36)37)51-26-10-8-24(44(47)48)30(50-16(2)14-42)28(26)20-6-4-18(12-22(20)34)32(38,39)40/h3-12,15-16H,1-2H3. The predicted molar refractivity (Wildman–Crippen MR) is 169 cm³/mol. The maximum atomic E-state index is 13.5. The van der Waals surface area contributed by atoms with Crippen LogP contribution in [0.3, 0.4) is 0 Å². The van der Waals surface area contributed by atoms with Crippen molar-refractivity contribution in [3.63, 3.8) is 0 Å². The van der Waals surface area contributed by atoms with E-state index >= 15 is 0 Å². The molecule has 0 radical (unpaired) electrons. The molecule has 0 N–H and O–H groups in total. The Morgan fingerprint density at radius 2 is 1.02 bits per heavy atom. The van der Waals surface area contributed by atoms with Gasteiger partial charge in [0.15, 0.2) is 12.2 Å². The molecule has 0 heterocycles. The van der Waals surface area contributed by atoms with Gasteiger partial charge in [-0.1, -0.05) is 35.3 Å². The molecule has 0 fully saturated rings. The lowest BCUT2D eigenvalue weighted by Gasteiger charge is -2.21. The Morgan fingerprint density at radius 1 is 0.667 bits per heavy atom. The van der Waals surface area contributed by atoms with Crippen molar-refractivity contribution in [2.75, 3.05) is 0 Å². The first-order valence-corrected chi connectivity index (χ1v) is 14.7. The third kappa shape index (κ3) is 8.17. The van der Waals surface area contributed by atoms with Crippen LogP contribution in [0.2, 0.25) is 10.0 Å². The number of nitro benzene ring substituents is 2. The first-order valence-electron chi connectivity index (χ1n) is 14.0. The highest BCUT2D eigenvalue weighted by molar-refractivity contribution is 6.34. The van der Waals surface area contributed by atoms with E-state index in [2.05, 4.69) is 0 Å². The highest BCUT2D eigenvalue weighted by Crippen LogP contribution is 2.53. The number of rotatable bonds is 10. The zero-order chi connectivity index (χ0) is 38.0. The molecule has 0 aromatic heterocycles. The number of hydrogen-bond acceptors (Lipinski definition) is 9. The van der Waals surface area contributed by atoms with E-state index in [1.54, 1.807) is 12.1 Å². The maximum Gasteiger partial charge on any atom is 0.416 e. The number of nitrogens with zero attached hydrogens (tertiary/aromatic N) is 4. The van der Waals surface area contributed by atoms with Gasteiger partial charge in [0.05, 0.1) is 32.1 Å². The van der Waals surface area contributed by atoms with Crippen molar-refractivity contribution < 1.29 is 50.4 Å². The first kappa shape index (κ1) is 38.0. The quantitative estimate of drug-likeness (QED) is 0.0871. The normalized spacial score (nSPS) is 12.6. The van der Waals surface area contributed by atoms with E-state index in [9.17, 15) is 57.1 Å². The van der Waals surface area contributed by atoms with Gasteiger partial charge in [-0.2, -0.15) is 36.9 Å². The highest BCUT2D eigenvalue weighted by Gasteiger charge is 2.35. The van der Waals surface area contributed by atoms with Crippen molar-refractivity contribution in [1.29, 1.82) is 10.5 Å². The van der Waals surface area contributed by atoms with Gasteiger partial charge in [-0.25, -0.2) is 0 Å². The Morgan fingerprint density at radius 3 is 1.29 bits per heavy atom. The summed E-state index contributed by atoms with van der Waals surface area (Å²) in [6, 6.07) is 11.0. The Kier molecular flexibility index (Phi) is 10.9. The summed E-state index contributed by atoms with van der Waals surface area (Å²) >= 11 is 12.6. The second-order valence-corrected chi connectivity index (χ2v) is 11.2. The van der Waals surface area contributed by atoms with Gasteiger partial charge in [-0.15, -0.1) is 0 Å². The number of nitriles is 2. The van der Waals surface area contributed by atoms with Gasteiger partial charge in [0.2, 0.25) is 11.5 Å². The van der Waals surface area contributed by atoms with Gasteiger partial charge in [0.1, 0.15) is 23.6 Å². The van der Waals surface area contributed by atoms with Crippen molar-refractivity contribution in [1.82, 2.24) is 0 Å². The molecule has 0 bridgehead atoms. The molecule has 0 spiro atoms. The molecule has 19 heteroatoms. The van der Waals surface area contributed by atoms with Crippen LogP contribution in [0.1, 0.15) is 25.0 Å². The number of nitro groups is 2. The second-order valence-electron chi connectivity index (χ2n) is 10.4. The van der Waals surface area contributed by atoms with Gasteiger partial charge in [0, 0.05) is 33.3 Å². The van der Waals surface area contributed by atoms with Crippen molar-refractivity contribution in [2.45, 2.75) is 38.4 Å². The lowest BCUT2D eigenvalue weighted by atomic mass is 9.99. The summed E-state index contributed by atoms with van der Waals surface area (Å²) in [6.45, 7) is 2.41. The minimum atomic E-state index is -4.86. The number of ether oxygens (including phenoxy) is 3. The molecule has 2 atom stereocenters. The van der Waals surface area contributed by atoms with Gasteiger partial charge in [-0.05, 0) is 50.2 Å². The average Bonchev–Trinajstić information content (AvgIpc) is 3.04. The van der Waals surface area contributed by atoms with Crippen LogP contribution in [0.25, 0.3) is 22.3 Å². The highest BCUT2D eigenvalue weighted by atomic mass is 35.5. The Labute approximate surface area is 293 Å². The zero-order valence-corrected chi connectivity index (χ0v) is 27.1. The fourth-order valence-electron chi connectivity index (χ4n) is 4.63. The third-order valence-corrected chi connectivity index (χ3v) is 7.52. The third-order valence-electron chi connectivity index (χ3n) is 6.90. The molecule has 0 saturated heterocycles. The Hall–Kier alpha value is -5.78. The van der Waals surface area contributed by atoms with Crippen molar-refractivity contribution in [3.05, 3.63) is 102 Å². The van der Waals surface area contributed by atoms with Crippen LogP contribution in [-0.4, -0.2) is 22.1 Å². The SMILES string of the molecule is CC(C#N)Oc1c([N+](=O)[O-])ccc(Oc2ccc([N+](=O)[O-])c(OC(C)C#N)c2-c2ccc(C(F)(F)F)cc2Cl)c1-c1ccc(C(F)(F)F)cc1Cl. The summed E-state index contributed by atoms with van der Waals surface area (Å²) in [4.78, 5) is 22.3. The lowest BCUT2D eigenvalue weighted by Crippen LogP contribution is -2.12. The molecular formula is C32H18Cl2F6N4O7. The fraction of sp³-hybridized carbons (Fsp3) is 0.188. The molecule has 0 saturated carbocycles. The molecule has 4 aromatic carbocycles. The van der Waals surface area contributed by atoms with Crippen LogP contribution in [0.15, 0.2) is 60.7 Å². The molecule has 264 valence electrons. The largest absolute Gasteiger partial charge is 0.468 e. The van der Waals surface area contributed by atoms with E-state index in [1.807, 2.05) is 0 Å². The minimum absolute atomic E-state index is 0.325. The molecule has 4 aromatic rings. The van der Waals surface area contributed by atoms with Gasteiger partial charge in [0.25, 0.3) is 0 Å². The first-order chi connectivity index (χ1) is 23.8. The van der Waals surface area contributed by atoms with Crippen LogP contribution in [0.4, 0.5) is 37.7 Å². The van der Waals surface area contributed by atoms with E-state index < -0.39 is 101 Å². The van der Waals surface area contributed by atoms with Gasteiger partial charge in [-0.3, -0.25) is 20.2 Å². The predicted octanol–water partition coefficient (Wildman–Crippen LogP) is 10.6. The molecule has 0 amide bonds. The number of alkyl halides is 6. The van der Waals surface area contributed by atoms with Crippen molar-refractivity contribution >= 4 is 34.6 Å². The topological polar surface area (TPSA) is 162 Å². The summed E-state index contributed by atoms with van der Waals surface area (Å²) in [5.41, 5.74) is -5.52. The molecule has 4 rings (SSSR count). The summed E-state index contributed by atoms with van der Waals surface area (Å²) in [5.74, 6) is -2.28. The lowest BCUT2D eigenvalue weighted by molar-refractivity contribution is -0.386. The van der Waals surface area contributed by atoms with Crippen LogP contribution in [-0.2, 0) is 12.4 Å². The molecule has 51 heavy (non-hydrogen) atoms. The Bertz CT molecular complexity index is 1980. The average molecular weight is 755 g/mol. The van der Waals surface area contributed by atoms with Crippen molar-refractivity contribution in [3.8, 4) is 57.4 Å². The monoisotopic (exact) mass is 754 g/mol. The van der Waals surface area contributed by atoms with E-state index in [0.29, 0.717) is 24.3 Å². The van der Waals surface area contributed by atoms with Crippen LogP contribution >= 0.6 is 23.2 Å².